The van der Waals surface area contributed by atoms with Gasteiger partial charge in [0.1, 0.15) is 11.3 Å². The number of anilines is 2. The number of carbonyl (C=O) groups excluding carboxylic acids is 1. The second-order valence-electron chi connectivity index (χ2n) is 8.24. The van der Waals surface area contributed by atoms with Gasteiger partial charge in [-0.3, -0.25) is 24.4 Å². The third-order valence-corrected chi connectivity index (χ3v) is 5.87. The van der Waals surface area contributed by atoms with E-state index in [1.807, 2.05) is 0 Å². The molecule has 1 aromatic carbocycles. The SMILES string of the molecule is COc1c(CCCN2CCOCC2)ccc2c(=O)n(CC(F)F)c(NC(=O)c3cnc(N)nc3)nc12. The third-order valence-electron chi connectivity index (χ3n) is 5.87. The first kappa shape index (κ1) is 25.4. The maximum Gasteiger partial charge on any atom is 0.263 e. The number of rotatable bonds is 9. The van der Waals surface area contributed by atoms with E-state index in [-0.39, 0.29) is 28.4 Å². The molecule has 13 heteroatoms. The number of methoxy groups -OCH3 is 1. The maximum absolute atomic E-state index is 13.3. The monoisotopic (exact) mass is 503 g/mol. The number of halogens is 2. The van der Waals surface area contributed by atoms with Crippen LogP contribution in [0.15, 0.2) is 29.3 Å². The number of ether oxygens (including phenoxy) is 2. The number of hydrogen-bond acceptors (Lipinski definition) is 9. The Morgan fingerprint density at radius 2 is 1.97 bits per heavy atom. The molecule has 3 aromatic rings. The molecule has 0 saturated carbocycles. The van der Waals surface area contributed by atoms with Crippen molar-refractivity contribution in [3.8, 4) is 5.75 Å². The minimum Gasteiger partial charge on any atom is -0.494 e. The summed E-state index contributed by atoms with van der Waals surface area (Å²) in [6.45, 7) is 3.11. The normalized spacial score (nSPS) is 14.3. The molecule has 0 spiro atoms. The summed E-state index contributed by atoms with van der Waals surface area (Å²) in [7, 11) is 1.45. The Kier molecular flexibility index (Phi) is 8.00. The first-order valence-corrected chi connectivity index (χ1v) is 11.4. The zero-order valence-electron chi connectivity index (χ0n) is 19.7. The lowest BCUT2D eigenvalue weighted by Gasteiger charge is -2.26. The number of alkyl halides is 2. The van der Waals surface area contributed by atoms with Crippen molar-refractivity contribution < 1.29 is 23.0 Å². The van der Waals surface area contributed by atoms with Crippen molar-refractivity contribution in [3.05, 3.63) is 46.0 Å². The van der Waals surface area contributed by atoms with Gasteiger partial charge in [0.15, 0.2) is 0 Å². The number of carbonyl (C=O) groups is 1. The standard InChI is InChI=1S/C23H27F2N7O4/c1-35-19-14(3-2-6-31-7-9-36-10-8-31)4-5-16-18(19)29-23(32(21(16)34)13-17(24)25)30-20(33)15-11-27-22(26)28-12-15/h4-5,11-12,17H,2-3,6-10,13H2,1H3,(H2,26,27,28)(H,29,30,33). The number of aryl methyl sites for hydroxylation is 1. The van der Waals surface area contributed by atoms with E-state index >= 15 is 0 Å². The number of benzene rings is 1. The van der Waals surface area contributed by atoms with E-state index < -0.39 is 24.4 Å². The smallest absolute Gasteiger partial charge is 0.263 e. The van der Waals surface area contributed by atoms with Crippen LogP contribution in [0.4, 0.5) is 20.7 Å². The van der Waals surface area contributed by atoms with Gasteiger partial charge in [-0.15, -0.1) is 0 Å². The molecule has 0 atom stereocenters. The zero-order chi connectivity index (χ0) is 25.7. The predicted octanol–water partition coefficient (Wildman–Crippen LogP) is 1.56. The van der Waals surface area contributed by atoms with Crippen molar-refractivity contribution in [2.75, 3.05) is 51.0 Å². The lowest BCUT2D eigenvalue weighted by Crippen LogP contribution is -2.36. The molecule has 0 bridgehead atoms. The number of nitrogens with two attached hydrogens (primary N) is 1. The van der Waals surface area contributed by atoms with E-state index in [0.717, 1.165) is 36.2 Å². The molecule has 36 heavy (non-hydrogen) atoms. The number of nitrogen functional groups attached to an aromatic ring is 1. The third kappa shape index (κ3) is 5.74. The van der Waals surface area contributed by atoms with E-state index in [1.54, 1.807) is 12.1 Å². The summed E-state index contributed by atoms with van der Waals surface area (Å²) < 4.78 is 38.3. The average Bonchev–Trinajstić information content (AvgIpc) is 2.87. The van der Waals surface area contributed by atoms with E-state index in [0.29, 0.717) is 25.4 Å². The second kappa shape index (κ2) is 11.4. The number of aromatic nitrogens is 4. The molecule has 1 amide bonds. The Labute approximate surface area is 205 Å². The number of fused-ring (bicyclic) bond motifs is 1. The molecule has 0 aliphatic carbocycles. The van der Waals surface area contributed by atoms with Crippen LogP contribution in [0.2, 0.25) is 0 Å². The number of morpholine rings is 1. The molecule has 1 aliphatic heterocycles. The highest BCUT2D eigenvalue weighted by molar-refractivity contribution is 6.03. The van der Waals surface area contributed by atoms with Gasteiger partial charge in [-0.1, -0.05) is 6.07 Å². The summed E-state index contributed by atoms with van der Waals surface area (Å²) in [5.74, 6) is -0.735. The van der Waals surface area contributed by atoms with E-state index in [1.165, 1.54) is 19.5 Å². The molecule has 3 N–H and O–H groups in total. The Morgan fingerprint density at radius 1 is 1.25 bits per heavy atom. The second-order valence-corrected chi connectivity index (χ2v) is 8.24. The van der Waals surface area contributed by atoms with Crippen LogP contribution in [-0.4, -0.2) is 76.7 Å². The molecule has 192 valence electrons. The molecule has 2 aromatic heterocycles. The molecule has 1 saturated heterocycles. The number of amides is 1. The van der Waals surface area contributed by atoms with E-state index in [4.69, 9.17) is 15.2 Å². The van der Waals surface area contributed by atoms with Gasteiger partial charge < -0.3 is 15.2 Å². The first-order valence-electron chi connectivity index (χ1n) is 11.4. The topological polar surface area (TPSA) is 137 Å². The summed E-state index contributed by atoms with van der Waals surface area (Å²) in [5.41, 5.74) is 5.75. The van der Waals surface area contributed by atoms with Crippen molar-refractivity contribution in [2.24, 2.45) is 0 Å². The van der Waals surface area contributed by atoms with Crippen molar-refractivity contribution >= 4 is 28.7 Å². The average molecular weight is 504 g/mol. The van der Waals surface area contributed by atoms with Gasteiger partial charge in [0, 0.05) is 25.5 Å². The van der Waals surface area contributed by atoms with Gasteiger partial charge in [-0.05, 0) is 31.0 Å². The largest absolute Gasteiger partial charge is 0.494 e. The molecule has 1 aliphatic rings. The number of nitrogens with zero attached hydrogens (tertiary/aromatic N) is 5. The molecule has 0 unspecified atom stereocenters. The quantitative estimate of drug-likeness (QED) is 0.446. The summed E-state index contributed by atoms with van der Waals surface area (Å²) in [4.78, 5) is 40.1. The Bertz CT molecular complexity index is 1280. The van der Waals surface area contributed by atoms with Gasteiger partial charge in [0.05, 0.1) is 37.8 Å². The summed E-state index contributed by atoms with van der Waals surface area (Å²) >= 11 is 0. The van der Waals surface area contributed by atoms with Crippen LogP contribution in [0.5, 0.6) is 5.75 Å². The van der Waals surface area contributed by atoms with Crippen LogP contribution in [0.3, 0.4) is 0 Å². The molecule has 1 fully saturated rings. The minimum atomic E-state index is -2.85. The molecule has 11 nitrogen and oxygen atoms in total. The van der Waals surface area contributed by atoms with Crippen molar-refractivity contribution in [1.29, 1.82) is 0 Å². The van der Waals surface area contributed by atoms with Gasteiger partial charge in [-0.2, -0.15) is 0 Å². The lowest BCUT2D eigenvalue weighted by molar-refractivity contribution is 0.0374. The highest BCUT2D eigenvalue weighted by Gasteiger charge is 2.21. The predicted molar refractivity (Wildman–Crippen MR) is 129 cm³/mol. The van der Waals surface area contributed by atoms with Crippen LogP contribution >= 0.6 is 0 Å². The van der Waals surface area contributed by atoms with Gasteiger partial charge in [0.2, 0.25) is 11.9 Å². The van der Waals surface area contributed by atoms with Crippen LogP contribution < -0.4 is 21.3 Å². The molecular formula is C23H27F2N7O4. The number of hydrogen-bond donors (Lipinski definition) is 2. The summed E-state index contributed by atoms with van der Waals surface area (Å²) in [6, 6.07) is 3.30. The first-order chi connectivity index (χ1) is 17.4. The molecule has 0 radical (unpaired) electrons. The van der Waals surface area contributed by atoms with Crippen LogP contribution in [0.1, 0.15) is 22.3 Å². The number of nitrogens with one attached hydrogen (secondary N) is 1. The van der Waals surface area contributed by atoms with Crippen LogP contribution in [0.25, 0.3) is 10.9 Å². The van der Waals surface area contributed by atoms with Crippen molar-refractivity contribution in [3.63, 3.8) is 0 Å². The Balaban J connectivity index is 1.68. The lowest BCUT2D eigenvalue weighted by atomic mass is 10.1. The van der Waals surface area contributed by atoms with Gasteiger partial charge in [-0.25, -0.2) is 23.7 Å². The van der Waals surface area contributed by atoms with E-state index in [2.05, 4.69) is 25.2 Å². The molecular weight excluding hydrogens is 476 g/mol. The fourth-order valence-corrected chi connectivity index (χ4v) is 4.08. The highest BCUT2D eigenvalue weighted by Crippen LogP contribution is 2.29. The highest BCUT2D eigenvalue weighted by atomic mass is 19.3. The molecule has 3 heterocycles. The summed E-state index contributed by atoms with van der Waals surface area (Å²) in [6.07, 6.45) is 1.01. The fourth-order valence-electron chi connectivity index (χ4n) is 4.08. The van der Waals surface area contributed by atoms with Crippen LogP contribution in [0, 0.1) is 0 Å². The van der Waals surface area contributed by atoms with Gasteiger partial charge >= 0.3 is 0 Å². The van der Waals surface area contributed by atoms with Gasteiger partial charge in [0.25, 0.3) is 17.9 Å². The van der Waals surface area contributed by atoms with E-state index in [9.17, 15) is 18.4 Å². The Hall–Kier alpha value is -3.71. The minimum absolute atomic E-state index is 0.0194. The molecule has 4 rings (SSSR count). The van der Waals surface area contributed by atoms with Crippen molar-refractivity contribution in [2.45, 2.75) is 25.8 Å². The fraction of sp³-hybridized carbons (Fsp3) is 0.435. The Morgan fingerprint density at radius 3 is 2.64 bits per heavy atom. The zero-order valence-corrected chi connectivity index (χ0v) is 19.7. The van der Waals surface area contributed by atoms with Crippen LogP contribution in [-0.2, 0) is 17.7 Å². The summed E-state index contributed by atoms with van der Waals surface area (Å²) in [5, 5.41) is 2.54. The van der Waals surface area contributed by atoms with Crippen molar-refractivity contribution in [1.82, 2.24) is 24.4 Å². The maximum atomic E-state index is 13.3.